The number of carbonyl (C=O) groups is 1. The van der Waals surface area contributed by atoms with Gasteiger partial charge in [0.05, 0.1) is 6.10 Å². The summed E-state index contributed by atoms with van der Waals surface area (Å²) in [4.78, 5) is 11.1. The molecule has 4 heteroatoms. The Hall–Kier alpha value is -0.280. The number of carbonyl (C=O) groups excluding carboxylic acids is 1. The maximum Gasteiger partial charge on any atom is 0.324 e. The average Bonchev–Trinajstić information content (AvgIpc) is 2.76. The third kappa shape index (κ3) is 1.67. The van der Waals surface area contributed by atoms with E-state index in [1.54, 1.807) is 6.92 Å². The first-order valence-electron chi connectivity index (χ1n) is 4.62. The maximum absolute atomic E-state index is 11.1. The van der Waals surface area contributed by atoms with Crippen molar-refractivity contribution in [2.24, 2.45) is 11.8 Å². The van der Waals surface area contributed by atoms with Gasteiger partial charge in [0.1, 0.15) is 11.5 Å². The van der Waals surface area contributed by atoms with Gasteiger partial charge in [-0.25, -0.2) is 0 Å². The molecule has 2 aliphatic carbocycles. The van der Waals surface area contributed by atoms with Crippen LogP contribution >= 0.6 is 11.6 Å². The number of fused-ring (bicyclic) bond motifs is 1. The molecule has 0 aliphatic heterocycles. The third-order valence-electron chi connectivity index (χ3n) is 2.93. The number of hydrogen-bond donors (Lipinski definition) is 1. The van der Waals surface area contributed by atoms with Gasteiger partial charge in [-0.15, -0.1) is 11.6 Å². The Labute approximate surface area is 82.0 Å². The van der Waals surface area contributed by atoms with Crippen LogP contribution in [-0.2, 0) is 9.53 Å². The Bertz CT molecular complexity index is 229. The van der Waals surface area contributed by atoms with Crippen LogP contribution in [0.1, 0.15) is 19.8 Å². The van der Waals surface area contributed by atoms with Crippen LogP contribution in [0.25, 0.3) is 0 Å². The molecule has 2 aliphatic rings. The van der Waals surface area contributed by atoms with Gasteiger partial charge in [0.2, 0.25) is 0 Å². The summed E-state index contributed by atoms with van der Waals surface area (Å²) in [5.74, 6) is 0.407. The number of esters is 1. The van der Waals surface area contributed by atoms with Crippen LogP contribution in [0.15, 0.2) is 0 Å². The highest BCUT2D eigenvalue weighted by molar-refractivity contribution is 6.29. The zero-order chi connectivity index (χ0) is 9.59. The van der Waals surface area contributed by atoms with Crippen molar-refractivity contribution in [3.8, 4) is 0 Å². The topological polar surface area (TPSA) is 46.5 Å². The van der Waals surface area contributed by atoms with E-state index in [-0.39, 0.29) is 18.2 Å². The van der Waals surface area contributed by atoms with Crippen molar-refractivity contribution in [2.75, 3.05) is 0 Å². The molecule has 0 saturated heterocycles. The number of aliphatic hydroxyl groups excluding tert-OH is 1. The van der Waals surface area contributed by atoms with Crippen molar-refractivity contribution in [3.05, 3.63) is 0 Å². The molecule has 1 N–H and O–H groups in total. The van der Waals surface area contributed by atoms with Crippen molar-refractivity contribution in [1.29, 1.82) is 0 Å². The number of hydrogen-bond acceptors (Lipinski definition) is 3. The van der Waals surface area contributed by atoms with Gasteiger partial charge < -0.3 is 9.84 Å². The normalized spacial score (nSPS) is 43.9. The van der Waals surface area contributed by atoms with E-state index in [1.165, 1.54) is 0 Å². The van der Waals surface area contributed by atoms with Gasteiger partial charge >= 0.3 is 5.97 Å². The standard InChI is InChI=1S/C9H13ClO3/c1-4(10)9(12)13-8-3-7(11)5-2-6(5)8/h4-8,11H,2-3H2,1H3/t4-,5?,6?,7-,8+/m0/s1. The SMILES string of the molecule is C[C@H](Cl)C(=O)O[C@@H]1C[C@H](O)C2CC21. The minimum absolute atomic E-state index is 0.0892. The van der Waals surface area contributed by atoms with Crippen molar-refractivity contribution in [2.45, 2.75) is 37.4 Å². The molecule has 2 fully saturated rings. The maximum atomic E-state index is 11.1. The summed E-state index contributed by atoms with van der Waals surface area (Å²) in [6, 6.07) is 0. The second kappa shape index (κ2) is 3.14. The van der Waals surface area contributed by atoms with E-state index in [1.807, 2.05) is 0 Å². The number of rotatable bonds is 2. The molecule has 3 nitrogen and oxygen atoms in total. The van der Waals surface area contributed by atoms with Crippen molar-refractivity contribution in [3.63, 3.8) is 0 Å². The van der Waals surface area contributed by atoms with Crippen LogP contribution in [0, 0.1) is 11.8 Å². The van der Waals surface area contributed by atoms with Gasteiger partial charge in [0, 0.05) is 12.3 Å². The largest absolute Gasteiger partial charge is 0.461 e. The summed E-state index contributed by atoms with van der Waals surface area (Å²) in [5, 5.41) is 8.85. The molecule has 2 saturated carbocycles. The molecule has 74 valence electrons. The minimum atomic E-state index is -0.588. The van der Waals surface area contributed by atoms with Crippen LogP contribution in [-0.4, -0.2) is 28.7 Å². The number of halogens is 1. The molecule has 0 heterocycles. The molecular formula is C9H13ClO3. The van der Waals surface area contributed by atoms with E-state index in [0.717, 1.165) is 6.42 Å². The van der Waals surface area contributed by atoms with E-state index >= 15 is 0 Å². The molecule has 0 aromatic carbocycles. The quantitative estimate of drug-likeness (QED) is 0.538. The van der Waals surface area contributed by atoms with Crippen LogP contribution in [0.4, 0.5) is 0 Å². The van der Waals surface area contributed by atoms with Crippen molar-refractivity contribution >= 4 is 17.6 Å². The molecule has 0 bridgehead atoms. The second-order valence-electron chi connectivity index (χ2n) is 3.96. The second-order valence-corrected chi connectivity index (χ2v) is 4.61. The molecule has 5 atom stereocenters. The number of ether oxygens (including phenoxy) is 1. The molecule has 2 unspecified atom stereocenters. The van der Waals surface area contributed by atoms with Crippen LogP contribution < -0.4 is 0 Å². The smallest absolute Gasteiger partial charge is 0.324 e. The third-order valence-corrected chi connectivity index (χ3v) is 3.11. The molecule has 13 heavy (non-hydrogen) atoms. The highest BCUT2D eigenvalue weighted by atomic mass is 35.5. The van der Waals surface area contributed by atoms with Crippen molar-refractivity contribution < 1.29 is 14.6 Å². The fourth-order valence-electron chi connectivity index (χ4n) is 2.07. The Kier molecular flexibility index (Phi) is 2.24. The Morgan fingerprint density at radius 3 is 2.62 bits per heavy atom. The van der Waals surface area contributed by atoms with Gasteiger partial charge in [-0.1, -0.05) is 0 Å². The highest BCUT2D eigenvalue weighted by Crippen LogP contribution is 2.53. The summed E-state index contributed by atoms with van der Waals surface area (Å²) in [5.41, 5.74) is 0. The summed E-state index contributed by atoms with van der Waals surface area (Å²) in [6.07, 6.45) is 1.22. The zero-order valence-corrected chi connectivity index (χ0v) is 8.20. The average molecular weight is 205 g/mol. The van der Waals surface area contributed by atoms with E-state index in [2.05, 4.69) is 0 Å². The number of alkyl halides is 1. The van der Waals surface area contributed by atoms with Crippen LogP contribution in [0.3, 0.4) is 0 Å². The predicted octanol–water partition coefficient (Wildman–Crippen LogP) is 0.926. The predicted molar refractivity (Wildman–Crippen MR) is 47.4 cm³/mol. The first-order valence-corrected chi connectivity index (χ1v) is 5.06. The lowest BCUT2D eigenvalue weighted by Gasteiger charge is -2.15. The van der Waals surface area contributed by atoms with Gasteiger partial charge in [-0.05, 0) is 19.3 Å². The van der Waals surface area contributed by atoms with Crippen LogP contribution in [0.2, 0.25) is 0 Å². The summed E-state index contributed by atoms with van der Waals surface area (Å²) >= 11 is 5.57. The van der Waals surface area contributed by atoms with Gasteiger partial charge in [-0.2, -0.15) is 0 Å². The summed E-state index contributed by atoms with van der Waals surface area (Å²) in [7, 11) is 0. The van der Waals surface area contributed by atoms with Gasteiger partial charge in [-0.3, -0.25) is 4.79 Å². The fourth-order valence-corrected chi connectivity index (χ4v) is 2.12. The Morgan fingerprint density at radius 1 is 1.54 bits per heavy atom. The summed E-state index contributed by atoms with van der Waals surface area (Å²) < 4.78 is 5.17. The molecule has 0 aromatic heterocycles. The highest BCUT2D eigenvalue weighted by Gasteiger charge is 2.55. The van der Waals surface area contributed by atoms with Gasteiger partial charge in [0.15, 0.2) is 0 Å². The first kappa shape index (κ1) is 9.28. The Balaban J connectivity index is 1.86. The van der Waals surface area contributed by atoms with E-state index < -0.39 is 5.38 Å². The molecule has 0 radical (unpaired) electrons. The Morgan fingerprint density at radius 2 is 2.23 bits per heavy atom. The molecule has 0 amide bonds. The first-order chi connectivity index (χ1) is 6.09. The molecule has 2 rings (SSSR count). The number of aliphatic hydroxyl groups is 1. The summed E-state index contributed by atoms with van der Waals surface area (Å²) in [6.45, 7) is 1.60. The lowest BCUT2D eigenvalue weighted by molar-refractivity contribution is -0.149. The monoisotopic (exact) mass is 204 g/mol. The van der Waals surface area contributed by atoms with E-state index in [0.29, 0.717) is 18.3 Å². The van der Waals surface area contributed by atoms with E-state index in [4.69, 9.17) is 16.3 Å². The zero-order valence-electron chi connectivity index (χ0n) is 7.44. The van der Waals surface area contributed by atoms with E-state index in [9.17, 15) is 9.90 Å². The van der Waals surface area contributed by atoms with Crippen molar-refractivity contribution in [1.82, 2.24) is 0 Å². The van der Waals surface area contributed by atoms with Gasteiger partial charge in [0.25, 0.3) is 0 Å². The fraction of sp³-hybridized carbons (Fsp3) is 0.889. The van der Waals surface area contributed by atoms with Crippen LogP contribution in [0.5, 0.6) is 0 Å². The molecule has 0 aromatic rings. The minimum Gasteiger partial charge on any atom is -0.461 e. The molecule has 0 spiro atoms. The lowest BCUT2D eigenvalue weighted by Crippen LogP contribution is -2.24. The lowest BCUT2D eigenvalue weighted by atomic mass is 10.2. The molecular weight excluding hydrogens is 192 g/mol.